The van der Waals surface area contributed by atoms with Gasteiger partial charge in [-0.3, -0.25) is 20.0 Å². The third-order valence-corrected chi connectivity index (χ3v) is 9.12. The van der Waals surface area contributed by atoms with E-state index in [4.69, 9.17) is 14.2 Å². The molecule has 2 atom stereocenters. The van der Waals surface area contributed by atoms with Crippen LogP contribution in [0.15, 0.2) is 77.3 Å². The molecule has 1 N–H and O–H groups in total. The molecular weight excluding hydrogens is 580 g/mol. The molecule has 3 aromatic carbocycles. The number of hydrogen-bond donors (Lipinski definition) is 1. The van der Waals surface area contributed by atoms with Crippen LogP contribution in [0.2, 0.25) is 0 Å². The first-order valence-corrected chi connectivity index (χ1v) is 15.3. The maximum atomic E-state index is 5.72. The van der Waals surface area contributed by atoms with Crippen LogP contribution in [0.4, 0.5) is 0 Å². The van der Waals surface area contributed by atoms with Gasteiger partial charge >= 0.3 is 0 Å². The van der Waals surface area contributed by atoms with Crippen LogP contribution in [0.3, 0.4) is 0 Å². The zero-order chi connectivity index (χ0) is 28.7. The van der Waals surface area contributed by atoms with E-state index in [1.54, 1.807) is 7.11 Å². The Kier molecular flexibility index (Phi) is 10.5. The second-order valence-corrected chi connectivity index (χ2v) is 11.8. The highest BCUT2D eigenvalue weighted by atomic mass is 79.9. The molecule has 41 heavy (non-hydrogen) atoms. The van der Waals surface area contributed by atoms with Crippen molar-refractivity contribution in [2.75, 3.05) is 86.9 Å². The van der Waals surface area contributed by atoms with Crippen molar-refractivity contribution in [2.45, 2.75) is 11.7 Å². The van der Waals surface area contributed by atoms with E-state index in [2.05, 4.69) is 111 Å². The highest BCUT2D eigenvalue weighted by Gasteiger charge is 2.41. The van der Waals surface area contributed by atoms with Gasteiger partial charge in [0, 0.05) is 49.8 Å². The van der Waals surface area contributed by atoms with Crippen molar-refractivity contribution in [3.8, 4) is 16.9 Å². The molecule has 2 aliphatic rings. The Morgan fingerprint density at radius 2 is 1.51 bits per heavy atom. The summed E-state index contributed by atoms with van der Waals surface area (Å²) in [6.07, 6.45) is 0. The van der Waals surface area contributed by atoms with E-state index in [0.717, 1.165) is 81.5 Å². The summed E-state index contributed by atoms with van der Waals surface area (Å²) < 4.78 is 18.0. The first-order valence-electron chi connectivity index (χ1n) is 14.5. The van der Waals surface area contributed by atoms with Crippen LogP contribution in [0.5, 0.6) is 5.75 Å². The van der Waals surface area contributed by atoms with Crippen molar-refractivity contribution < 1.29 is 14.2 Å². The van der Waals surface area contributed by atoms with Crippen LogP contribution in [-0.4, -0.2) is 102 Å². The van der Waals surface area contributed by atoms with Gasteiger partial charge in [-0.15, -0.1) is 0 Å². The highest BCUT2D eigenvalue weighted by molar-refractivity contribution is 9.10. The molecule has 2 saturated heterocycles. The monoisotopic (exact) mass is 622 g/mol. The van der Waals surface area contributed by atoms with E-state index in [9.17, 15) is 0 Å². The fraction of sp³-hybridized carbons (Fsp3) is 0.455. The Hall–Kier alpha value is -2.30. The Bertz CT molecular complexity index is 1230. The van der Waals surface area contributed by atoms with Gasteiger partial charge in [0.2, 0.25) is 0 Å². The summed E-state index contributed by atoms with van der Waals surface area (Å²) in [5, 5.41) is 3.83. The first-order chi connectivity index (χ1) is 20.0. The number of likely N-dealkylation sites (N-methyl/N-ethyl adjacent to an activating group) is 2. The highest BCUT2D eigenvalue weighted by Crippen LogP contribution is 2.36. The van der Waals surface area contributed by atoms with Crippen molar-refractivity contribution in [3.63, 3.8) is 0 Å². The van der Waals surface area contributed by atoms with Gasteiger partial charge < -0.3 is 14.2 Å². The molecule has 0 spiro atoms. The van der Waals surface area contributed by atoms with E-state index in [1.807, 2.05) is 12.1 Å². The van der Waals surface area contributed by atoms with Gasteiger partial charge in [0.25, 0.3) is 0 Å². The van der Waals surface area contributed by atoms with Crippen LogP contribution in [0.25, 0.3) is 11.1 Å². The lowest BCUT2D eigenvalue weighted by atomic mass is 9.91. The number of nitrogens with one attached hydrogen (secondary N) is 1. The Morgan fingerprint density at radius 3 is 2.12 bits per heavy atom. The molecule has 7 nitrogen and oxygen atoms in total. The molecular formula is C33H43BrN4O3. The van der Waals surface area contributed by atoms with Crippen molar-refractivity contribution in [1.82, 2.24) is 20.0 Å². The van der Waals surface area contributed by atoms with E-state index in [0.29, 0.717) is 0 Å². The topological polar surface area (TPSA) is 49.4 Å². The van der Waals surface area contributed by atoms with Crippen molar-refractivity contribution in [3.05, 3.63) is 88.4 Å². The summed E-state index contributed by atoms with van der Waals surface area (Å²) in [7, 11) is 6.09. The Morgan fingerprint density at radius 1 is 0.878 bits per heavy atom. The summed E-state index contributed by atoms with van der Waals surface area (Å²) in [6, 6.07) is 26.3. The van der Waals surface area contributed by atoms with Crippen LogP contribution >= 0.6 is 15.9 Å². The average molecular weight is 624 g/mol. The fourth-order valence-corrected chi connectivity index (χ4v) is 6.33. The van der Waals surface area contributed by atoms with E-state index < -0.39 is 5.66 Å². The van der Waals surface area contributed by atoms with Crippen LogP contribution < -0.4 is 10.1 Å². The predicted octanol–water partition coefficient (Wildman–Crippen LogP) is 4.83. The third-order valence-electron chi connectivity index (χ3n) is 8.59. The molecule has 0 aromatic heterocycles. The molecule has 0 amide bonds. The van der Waals surface area contributed by atoms with Crippen molar-refractivity contribution in [2.24, 2.45) is 0 Å². The molecule has 0 unspecified atom stereocenters. The number of hydrogen-bond acceptors (Lipinski definition) is 7. The van der Waals surface area contributed by atoms with Gasteiger partial charge in [0.15, 0.2) is 0 Å². The van der Waals surface area contributed by atoms with E-state index >= 15 is 0 Å². The normalized spacial score (nSPS) is 19.1. The quantitative estimate of drug-likeness (QED) is 0.307. The van der Waals surface area contributed by atoms with Gasteiger partial charge in [0.05, 0.1) is 33.5 Å². The first kappa shape index (κ1) is 30.2. The second kappa shape index (κ2) is 14.2. The van der Waals surface area contributed by atoms with E-state index in [-0.39, 0.29) is 6.04 Å². The lowest BCUT2D eigenvalue weighted by Gasteiger charge is -2.50. The number of nitrogens with zero attached hydrogens (tertiary/aromatic N) is 3. The third kappa shape index (κ3) is 7.20. The van der Waals surface area contributed by atoms with Crippen LogP contribution in [0.1, 0.15) is 17.2 Å². The van der Waals surface area contributed by atoms with Gasteiger partial charge in [0.1, 0.15) is 11.4 Å². The minimum absolute atomic E-state index is 0.160. The standard InChI is InChI=1S/C33H43BrN4O3/c1-35-33(25-38-17-21-41-22-18-38,29-11-7-26(8-12-29)28-5-4-6-31(23-28)39-3)36(2)32(24-37-15-19-40-20-16-37)27-9-13-30(34)14-10-27/h4-14,23,32,35H,15-22,24-25H2,1-3H3/t32-,33-/m0/s1. The molecule has 0 aliphatic carbocycles. The summed E-state index contributed by atoms with van der Waals surface area (Å²) in [5.74, 6) is 0.864. The predicted molar refractivity (Wildman–Crippen MR) is 168 cm³/mol. The van der Waals surface area contributed by atoms with Gasteiger partial charge in [-0.05, 0) is 60.6 Å². The number of rotatable bonds is 11. The second-order valence-electron chi connectivity index (χ2n) is 10.9. The van der Waals surface area contributed by atoms with Crippen LogP contribution in [-0.2, 0) is 15.1 Å². The molecule has 5 rings (SSSR count). The zero-order valence-corrected chi connectivity index (χ0v) is 26.1. The molecule has 0 saturated carbocycles. The van der Waals surface area contributed by atoms with Crippen molar-refractivity contribution in [1.29, 1.82) is 0 Å². The smallest absolute Gasteiger partial charge is 0.119 e. The summed E-state index contributed by atoms with van der Waals surface area (Å²) in [4.78, 5) is 7.62. The molecule has 2 fully saturated rings. The van der Waals surface area contributed by atoms with Crippen molar-refractivity contribution >= 4 is 15.9 Å². The number of morpholine rings is 2. The maximum Gasteiger partial charge on any atom is 0.119 e. The number of halogens is 1. The van der Waals surface area contributed by atoms with Gasteiger partial charge in [-0.25, -0.2) is 0 Å². The number of methoxy groups -OCH3 is 1. The summed E-state index contributed by atoms with van der Waals surface area (Å²) in [5.41, 5.74) is 4.42. The van der Waals surface area contributed by atoms with Gasteiger partial charge in [-0.2, -0.15) is 0 Å². The number of benzene rings is 3. The minimum atomic E-state index is -0.436. The molecule has 2 heterocycles. The zero-order valence-electron chi connectivity index (χ0n) is 24.5. The molecule has 0 radical (unpaired) electrons. The molecule has 3 aromatic rings. The lowest BCUT2D eigenvalue weighted by molar-refractivity contribution is -0.0400. The van der Waals surface area contributed by atoms with E-state index in [1.165, 1.54) is 16.7 Å². The summed E-state index contributed by atoms with van der Waals surface area (Å²) in [6.45, 7) is 8.62. The molecule has 0 bridgehead atoms. The fourth-order valence-electron chi connectivity index (χ4n) is 6.06. The molecule has 8 heteroatoms. The SMILES string of the molecule is CN[C@](CN1CCOCC1)(c1ccc(-c2cccc(OC)c2)cc1)N(C)[C@@H](CN1CCOCC1)c1ccc(Br)cc1. The largest absolute Gasteiger partial charge is 0.497 e. The van der Waals surface area contributed by atoms with Gasteiger partial charge in [-0.1, -0.05) is 64.5 Å². The molecule has 220 valence electrons. The lowest BCUT2D eigenvalue weighted by Crippen LogP contribution is -2.62. The minimum Gasteiger partial charge on any atom is -0.497 e. The maximum absolute atomic E-state index is 5.72. The van der Waals surface area contributed by atoms with Crippen LogP contribution in [0, 0.1) is 0 Å². The molecule has 2 aliphatic heterocycles. The Labute approximate surface area is 253 Å². The summed E-state index contributed by atoms with van der Waals surface area (Å²) >= 11 is 3.64. The average Bonchev–Trinajstić information content (AvgIpc) is 3.04. The Balaban J connectivity index is 1.53. The number of ether oxygens (including phenoxy) is 3.